The van der Waals surface area contributed by atoms with E-state index in [9.17, 15) is 9.18 Å². The molecule has 0 bridgehead atoms. The molecule has 3 aromatic rings. The van der Waals surface area contributed by atoms with Gasteiger partial charge >= 0.3 is 0 Å². The molecule has 0 radical (unpaired) electrons. The first-order chi connectivity index (χ1) is 14.6. The van der Waals surface area contributed by atoms with Crippen LogP contribution in [0.1, 0.15) is 15.9 Å². The average molecular weight is 406 g/mol. The highest BCUT2D eigenvalue weighted by molar-refractivity contribution is 5.95. The number of piperazine rings is 1. The van der Waals surface area contributed by atoms with Crippen molar-refractivity contribution in [1.82, 2.24) is 15.2 Å². The Morgan fingerprint density at radius 2 is 1.83 bits per heavy atom. The van der Waals surface area contributed by atoms with Gasteiger partial charge in [-0.1, -0.05) is 30.3 Å². The fourth-order valence-corrected chi connectivity index (χ4v) is 3.51. The van der Waals surface area contributed by atoms with Gasteiger partial charge < -0.3 is 15.8 Å². The molecule has 0 spiro atoms. The van der Waals surface area contributed by atoms with Gasteiger partial charge in [-0.3, -0.25) is 9.69 Å². The van der Waals surface area contributed by atoms with Crippen molar-refractivity contribution < 1.29 is 13.9 Å². The summed E-state index contributed by atoms with van der Waals surface area (Å²) in [5.41, 5.74) is 8.50. The van der Waals surface area contributed by atoms with Gasteiger partial charge in [-0.05, 0) is 41.0 Å². The number of amides is 1. The standard InChI is InChI=1S/C23H23FN4O2/c24-19-13-21(22(25)29)23(27-14-19)30-20-6-2-5-18(12-20)17-4-1-3-16(11-17)15-28-9-7-26-8-10-28/h1-6,11-14,26H,7-10,15H2,(H2,25,29). The SMILES string of the molecule is NC(=O)c1cc(F)cnc1Oc1cccc(-c2cccc(CN3CCNCC3)c2)c1. The minimum atomic E-state index is -0.797. The molecule has 154 valence electrons. The van der Waals surface area contributed by atoms with Crippen molar-refractivity contribution in [2.75, 3.05) is 26.2 Å². The summed E-state index contributed by atoms with van der Waals surface area (Å²) in [5.74, 6) is -0.977. The van der Waals surface area contributed by atoms with Gasteiger partial charge in [-0.15, -0.1) is 0 Å². The summed E-state index contributed by atoms with van der Waals surface area (Å²) >= 11 is 0. The molecule has 1 saturated heterocycles. The van der Waals surface area contributed by atoms with E-state index in [1.807, 2.05) is 30.3 Å². The van der Waals surface area contributed by atoms with Crippen LogP contribution in [0.4, 0.5) is 4.39 Å². The largest absolute Gasteiger partial charge is 0.438 e. The second kappa shape index (κ2) is 9.02. The van der Waals surface area contributed by atoms with E-state index in [0.29, 0.717) is 5.75 Å². The number of halogens is 1. The van der Waals surface area contributed by atoms with Crippen LogP contribution in [-0.2, 0) is 6.54 Å². The van der Waals surface area contributed by atoms with Gasteiger partial charge in [0.05, 0.1) is 6.20 Å². The molecular formula is C23H23FN4O2. The second-order valence-corrected chi connectivity index (χ2v) is 7.23. The van der Waals surface area contributed by atoms with E-state index in [1.54, 1.807) is 6.07 Å². The molecule has 6 nitrogen and oxygen atoms in total. The molecule has 1 aromatic heterocycles. The van der Waals surface area contributed by atoms with Crippen molar-refractivity contribution in [3.05, 3.63) is 77.7 Å². The number of hydrogen-bond acceptors (Lipinski definition) is 5. The lowest BCUT2D eigenvalue weighted by Crippen LogP contribution is -2.42. The number of carbonyl (C=O) groups is 1. The summed E-state index contributed by atoms with van der Waals surface area (Å²) in [6, 6.07) is 16.9. The number of benzene rings is 2. The average Bonchev–Trinajstić information content (AvgIpc) is 2.76. The number of nitrogens with zero attached hydrogens (tertiary/aromatic N) is 2. The number of nitrogens with one attached hydrogen (secondary N) is 1. The molecule has 1 fully saturated rings. The molecule has 4 rings (SSSR count). The predicted octanol–water partition coefficient (Wildman–Crippen LogP) is 3.18. The molecule has 1 aliphatic rings. The summed E-state index contributed by atoms with van der Waals surface area (Å²) in [4.78, 5) is 17.9. The summed E-state index contributed by atoms with van der Waals surface area (Å²) < 4.78 is 19.2. The van der Waals surface area contributed by atoms with E-state index in [4.69, 9.17) is 10.5 Å². The van der Waals surface area contributed by atoms with Crippen LogP contribution in [0.5, 0.6) is 11.6 Å². The Morgan fingerprint density at radius 1 is 1.10 bits per heavy atom. The predicted molar refractivity (Wildman–Crippen MR) is 113 cm³/mol. The van der Waals surface area contributed by atoms with Gasteiger partial charge in [-0.25, -0.2) is 9.37 Å². The van der Waals surface area contributed by atoms with Crippen molar-refractivity contribution in [2.45, 2.75) is 6.54 Å². The van der Waals surface area contributed by atoms with Gasteiger partial charge in [0, 0.05) is 32.7 Å². The van der Waals surface area contributed by atoms with Crippen molar-refractivity contribution in [3.63, 3.8) is 0 Å². The van der Waals surface area contributed by atoms with Crippen molar-refractivity contribution in [3.8, 4) is 22.8 Å². The van der Waals surface area contributed by atoms with Gasteiger partial charge in [0.15, 0.2) is 0 Å². The molecule has 1 amide bonds. The number of rotatable bonds is 6. The maximum absolute atomic E-state index is 13.4. The van der Waals surface area contributed by atoms with E-state index < -0.39 is 11.7 Å². The first kappa shape index (κ1) is 20.0. The topological polar surface area (TPSA) is 80.5 Å². The molecule has 3 N–H and O–H groups in total. The molecular weight excluding hydrogens is 383 g/mol. The highest BCUT2D eigenvalue weighted by atomic mass is 19.1. The Balaban J connectivity index is 1.55. The first-order valence-corrected chi connectivity index (χ1v) is 9.84. The quantitative estimate of drug-likeness (QED) is 0.657. The smallest absolute Gasteiger partial charge is 0.254 e. The fraction of sp³-hybridized carbons (Fsp3) is 0.217. The molecule has 2 aromatic carbocycles. The third kappa shape index (κ3) is 4.82. The normalized spacial score (nSPS) is 14.4. The van der Waals surface area contributed by atoms with E-state index in [1.165, 1.54) is 5.56 Å². The lowest BCUT2D eigenvalue weighted by atomic mass is 10.0. The lowest BCUT2D eigenvalue weighted by molar-refractivity contribution is 0.0997. The minimum absolute atomic E-state index is 0.0199. The summed E-state index contributed by atoms with van der Waals surface area (Å²) in [6.45, 7) is 5.03. The number of primary amides is 1. The zero-order valence-electron chi connectivity index (χ0n) is 16.5. The zero-order chi connectivity index (χ0) is 20.9. The van der Waals surface area contributed by atoms with Gasteiger partial charge in [0.2, 0.25) is 5.88 Å². The Morgan fingerprint density at radius 3 is 2.60 bits per heavy atom. The molecule has 0 aliphatic carbocycles. The Bertz CT molecular complexity index is 1050. The molecule has 0 unspecified atom stereocenters. The minimum Gasteiger partial charge on any atom is -0.438 e. The van der Waals surface area contributed by atoms with E-state index >= 15 is 0 Å². The monoisotopic (exact) mass is 406 g/mol. The van der Waals surface area contributed by atoms with Crippen LogP contribution in [0.2, 0.25) is 0 Å². The number of pyridine rings is 1. The molecule has 0 atom stereocenters. The summed E-state index contributed by atoms with van der Waals surface area (Å²) in [5, 5.41) is 3.37. The number of hydrogen-bond donors (Lipinski definition) is 2. The number of nitrogens with two attached hydrogens (primary N) is 1. The Labute approximate surface area is 174 Å². The highest BCUT2D eigenvalue weighted by Gasteiger charge is 2.14. The molecule has 2 heterocycles. The van der Waals surface area contributed by atoms with Crippen LogP contribution in [-0.4, -0.2) is 42.0 Å². The third-order valence-corrected chi connectivity index (χ3v) is 5.01. The van der Waals surface area contributed by atoms with Gasteiger partial charge in [0.1, 0.15) is 17.1 Å². The molecule has 7 heteroatoms. The molecule has 1 aliphatic heterocycles. The van der Waals surface area contributed by atoms with Crippen LogP contribution in [0.3, 0.4) is 0 Å². The highest BCUT2D eigenvalue weighted by Crippen LogP contribution is 2.29. The fourth-order valence-electron chi connectivity index (χ4n) is 3.51. The third-order valence-electron chi connectivity index (χ3n) is 5.01. The number of carbonyl (C=O) groups excluding carboxylic acids is 1. The van der Waals surface area contributed by atoms with Gasteiger partial charge in [-0.2, -0.15) is 0 Å². The van der Waals surface area contributed by atoms with E-state index in [0.717, 1.165) is 56.1 Å². The summed E-state index contributed by atoms with van der Waals surface area (Å²) in [6.07, 6.45) is 0.991. The van der Waals surface area contributed by atoms with Crippen LogP contribution < -0.4 is 15.8 Å². The number of ether oxygens (including phenoxy) is 1. The van der Waals surface area contributed by atoms with Gasteiger partial charge in [0.25, 0.3) is 5.91 Å². The van der Waals surface area contributed by atoms with E-state index in [2.05, 4.69) is 27.3 Å². The van der Waals surface area contributed by atoms with Crippen molar-refractivity contribution in [2.24, 2.45) is 5.73 Å². The van der Waals surface area contributed by atoms with Crippen molar-refractivity contribution >= 4 is 5.91 Å². The molecule has 30 heavy (non-hydrogen) atoms. The van der Waals surface area contributed by atoms with Crippen LogP contribution in [0, 0.1) is 5.82 Å². The van der Waals surface area contributed by atoms with Crippen LogP contribution in [0.15, 0.2) is 60.8 Å². The second-order valence-electron chi connectivity index (χ2n) is 7.23. The Hall–Kier alpha value is -3.29. The molecule has 0 saturated carbocycles. The zero-order valence-corrected chi connectivity index (χ0v) is 16.5. The van der Waals surface area contributed by atoms with Crippen LogP contribution in [0.25, 0.3) is 11.1 Å². The van der Waals surface area contributed by atoms with Crippen molar-refractivity contribution in [1.29, 1.82) is 0 Å². The first-order valence-electron chi connectivity index (χ1n) is 9.84. The van der Waals surface area contributed by atoms with Crippen LogP contribution >= 0.6 is 0 Å². The van der Waals surface area contributed by atoms with E-state index in [-0.39, 0.29) is 11.4 Å². The lowest BCUT2D eigenvalue weighted by Gasteiger charge is -2.27. The maximum atomic E-state index is 13.4. The maximum Gasteiger partial charge on any atom is 0.254 e. The number of aromatic nitrogens is 1. The Kier molecular flexibility index (Phi) is 6.02. The summed E-state index contributed by atoms with van der Waals surface area (Å²) in [7, 11) is 0.